The number of esters is 4. The fourth-order valence-corrected chi connectivity index (χ4v) is 2.11. The minimum absolute atomic E-state index is 0.111. The number of carbonyl (C=O) groups is 5. The molecule has 0 aromatic carbocycles. The van der Waals surface area contributed by atoms with Crippen molar-refractivity contribution in [2.45, 2.75) is 50.6 Å². The molecule has 0 amide bonds. The molecule has 15 nitrogen and oxygen atoms in total. The van der Waals surface area contributed by atoms with Crippen LogP contribution in [0, 0.1) is 10.8 Å². The fourth-order valence-electron chi connectivity index (χ4n) is 2.11. The average Bonchev–Trinajstić information content (AvgIpc) is 2.71. The van der Waals surface area contributed by atoms with Gasteiger partial charge in [0.1, 0.15) is 12.1 Å². The van der Waals surface area contributed by atoms with Gasteiger partial charge in [-0.2, -0.15) is 0 Å². The van der Waals surface area contributed by atoms with E-state index in [0.29, 0.717) is 19.4 Å². The Hall–Kier alpha value is -3.59. The van der Waals surface area contributed by atoms with E-state index in [2.05, 4.69) is 20.1 Å². The molecule has 0 spiro atoms. The van der Waals surface area contributed by atoms with Crippen LogP contribution in [0.25, 0.3) is 0 Å². The number of rotatable bonds is 14. The Morgan fingerprint density at radius 1 is 0.750 bits per heavy atom. The third kappa shape index (κ3) is 13.6. The molecule has 0 saturated heterocycles. The summed E-state index contributed by atoms with van der Waals surface area (Å²) in [6.07, 6.45) is -0.237. The van der Waals surface area contributed by atoms with Crippen LogP contribution in [0.1, 0.15) is 38.5 Å². The van der Waals surface area contributed by atoms with Gasteiger partial charge in [0, 0.05) is 19.5 Å². The lowest BCUT2D eigenvalue weighted by molar-refractivity contribution is -0.165. The molecule has 2 atom stereocenters. The molecule has 0 bridgehead atoms. The molecular formula is C17H30N8O7. The molecule has 15 heteroatoms. The van der Waals surface area contributed by atoms with E-state index in [9.17, 15) is 24.0 Å². The van der Waals surface area contributed by atoms with E-state index in [-0.39, 0.29) is 31.3 Å². The Balaban J connectivity index is 4.20. The van der Waals surface area contributed by atoms with Gasteiger partial charge in [0.25, 0.3) is 0 Å². The first-order valence-electron chi connectivity index (χ1n) is 9.64. The largest absolute Gasteiger partial charge is 0.392 e. The summed E-state index contributed by atoms with van der Waals surface area (Å²) in [6, 6.07) is -2.27. The van der Waals surface area contributed by atoms with Gasteiger partial charge in [-0.25, -0.2) is 14.4 Å². The van der Waals surface area contributed by atoms with E-state index in [1.165, 1.54) is 0 Å². The molecule has 0 unspecified atom stereocenters. The molecule has 0 fully saturated rings. The molecule has 0 saturated carbocycles. The summed E-state index contributed by atoms with van der Waals surface area (Å²) in [7, 11) is 0. The number of ether oxygens (including phenoxy) is 2. The molecular weight excluding hydrogens is 428 g/mol. The van der Waals surface area contributed by atoms with Crippen molar-refractivity contribution in [2.75, 3.05) is 13.1 Å². The van der Waals surface area contributed by atoms with Gasteiger partial charge in [0.05, 0.1) is 6.42 Å². The van der Waals surface area contributed by atoms with Gasteiger partial charge in [-0.1, -0.05) is 0 Å². The van der Waals surface area contributed by atoms with Gasteiger partial charge < -0.3 is 43.0 Å². The summed E-state index contributed by atoms with van der Waals surface area (Å²) in [5.41, 5.74) is 21.3. The van der Waals surface area contributed by atoms with Crippen LogP contribution in [0.3, 0.4) is 0 Å². The Kier molecular flexibility index (Phi) is 13.5. The molecule has 0 rings (SSSR count). The van der Waals surface area contributed by atoms with E-state index in [1.807, 2.05) is 0 Å². The molecule has 0 aliphatic carbocycles. The first-order valence-corrected chi connectivity index (χ1v) is 9.64. The summed E-state index contributed by atoms with van der Waals surface area (Å²) >= 11 is 0. The number of Topliss-reactive ketones (excluding diaryl/α,β-unsaturated/α-hetero) is 1. The lowest BCUT2D eigenvalue weighted by atomic mass is 10.1. The Labute approximate surface area is 183 Å². The summed E-state index contributed by atoms with van der Waals surface area (Å²) in [5.74, 6) is -6.33. The van der Waals surface area contributed by atoms with Crippen molar-refractivity contribution in [3.63, 3.8) is 0 Å². The Morgan fingerprint density at radius 3 is 1.62 bits per heavy atom. The van der Waals surface area contributed by atoms with Crippen molar-refractivity contribution in [3.8, 4) is 0 Å². The van der Waals surface area contributed by atoms with Gasteiger partial charge in [0.2, 0.25) is 5.78 Å². The van der Waals surface area contributed by atoms with Crippen molar-refractivity contribution >= 4 is 41.6 Å². The number of ketones is 1. The first kappa shape index (κ1) is 28.4. The van der Waals surface area contributed by atoms with Gasteiger partial charge in [-0.15, -0.1) is 0 Å². The van der Waals surface area contributed by atoms with E-state index < -0.39 is 54.6 Å². The molecule has 0 aliphatic rings. The number of hydrogen-bond donors (Lipinski definition) is 8. The summed E-state index contributed by atoms with van der Waals surface area (Å²) in [4.78, 5) is 58.4. The SMILES string of the molecule is N=C(N)NCCC[C@H](N)C(=O)OC(=O)CCC(=O)C(=O)OC(=O)[C@@H](N)CCCNC(=N)N. The summed E-state index contributed by atoms with van der Waals surface area (Å²) < 4.78 is 8.87. The van der Waals surface area contributed by atoms with Crippen LogP contribution < -0.4 is 33.6 Å². The molecule has 0 aromatic heterocycles. The van der Waals surface area contributed by atoms with E-state index in [4.69, 9.17) is 33.8 Å². The van der Waals surface area contributed by atoms with Crippen LogP contribution in [-0.2, 0) is 33.4 Å². The highest BCUT2D eigenvalue weighted by Crippen LogP contribution is 2.03. The molecule has 0 heterocycles. The predicted molar refractivity (Wildman–Crippen MR) is 111 cm³/mol. The van der Waals surface area contributed by atoms with Crippen molar-refractivity contribution in [2.24, 2.45) is 22.9 Å². The van der Waals surface area contributed by atoms with Crippen LogP contribution in [-0.4, -0.2) is 66.8 Å². The zero-order valence-electron chi connectivity index (χ0n) is 17.5. The van der Waals surface area contributed by atoms with E-state index >= 15 is 0 Å². The predicted octanol–water partition coefficient (Wildman–Crippen LogP) is -3.34. The number of hydrogen-bond acceptors (Lipinski definition) is 11. The number of nitrogens with one attached hydrogen (secondary N) is 4. The van der Waals surface area contributed by atoms with Gasteiger partial charge >= 0.3 is 23.9 Å². The lowest BCUT2D eigenvalue weighted by Gasteiger charge is -2.11. The normalized spacial score (nSPS) is 12.1. The minimum atomic E-state index is -1.49. The van der Waals surface area contributed by atoms with Gasteiger partial charge in [-0.3, -0.25) is 20.4 Å². The van der Waals surface area contributed by atoms with E-state index in [0.717, 1.165) is 0 Å². The summed E-state index contributed by atoms with van der Waals surface area (Å²) in [5, 5.41) is 19.0. The quantitative estimate of drug-likeness (QED) is 0.0316. The summed E-state index contributed by atoms with van der Waals surface area (Å²) in [6.45, 7) is 0.585. The second-order valence-electron chi connectivity index (χ2n) is 6.60. The maximum absolute atomic E-state index is 11.7. The second-order valence-corrected chi connectivity index (χ2v) is 6.60. The minimum Gasteiger partial charge on any atom is -0.392 e. The molecule has 32 heavy (non-hydrogen) atoms. The van der Waals surface area contributed by atoms with Crippen LogP contribution in [0.5, 0.6) is 0 Å². The lowest BCUT2D eigenvalue weighted by Crippen LogP contribution is -2.37. The molecule has 12 N–H and O–H groups in total. The van der Waals surface area contributed by atoms with Crippen LogP contribution in [0.4, 0.5) is 0 Å². The van der Waals surface area contributed by atoms with Crippen LogP contribution in [0.15, 0.2) is 0 Å². The highest BCUT2D eigenvalue weighted by molar-refractivity contribution is 6.35. The van der Waals surface area contributed by atoms with Crippen molar-refractivity contribution in [3.05, 3.63) is 0 Å². The Bertz CT molecular complexity index is 728. The maximum Gasteiger partial charge on any atom is 0.382 e. The maximum atomic E-state index is 11.7. The Morgan fingerprint density at radius 2 is 1.19 bits per heavy atom. The second kappa shape index (κ2) is 15.2. The fraction of sp³-hybridized carbons (Fsp3) is 0.588. The third-order valence-electron chi connectivity index (χ3n) is 3.81. The average molecular weight is 458 g/mol. The standard InChI is InChI=1S/C17H30N8O7/c18-9(3-1-7-24-16(20)21)13(28)31-12(27)6-5-11(26)15(30)32-14(29)10(19)4-2-8-25-17(22)23/h9-10H,1-8,18-19H2,(H4,20,21,24)(H4,22,23,25)/t9-,10-/m0/s1. The molecule has 0 radical (unpaired) electrons. The zero-order valence-corrected chi connectivity index (χ0v) is 17.5. The zero-order chi connectivity index (χ0) is 24.7. The van der Waals surface area contributed by atoms with E-state index in [1.54, 1.807) is 0 Å². The molecule has 0 aromatic rings. The highest BCUT2D eigenvalue weighted by Gasteiger charge is 2.25. The molecule has 0 aliphatic heterocycles. The number of nitrogens with two attached hydrogens (primary N) is 4. The smallest absolute Gasteiger partial charge is 0.382 e. The number of carbonyl (C=O) groups excluding carboxylic acids is 5. The topological polar surface area (TPSA) is 280 Å². The van der Waals surface area contributed by atoms with Gasteiger partial charge in [-0.05, 0) is 25.7 Å². The van der Waals surface area contributed by atoms with Gasteiger partial charge in [0.15, 0.2) is 11.9 Å². The van der Waals surface area contributed by atoms with Crippen molar-refractivity contribution in [1.82, 2.24) is 10.6 Å². The monoisotopic (exact) mass is 458 g/mol. The van der Waals surface area contributed by atoms with Crippen molar-refractivity contribution < 1.29 is 33.4 Å². The number of guanidine groups is 2. The third-order valence-corrected chi connectivity index (χ3v) is 3.81. The van der Waals surface area contributed by atoms with Crippen LogP contribution in [0.2, 0.25) is 0 Å². The van der Waals surface area contributed by atoms with Crippen molar-refractivity contribution in [1.29, 1.82) is 10.8 Å². The molecule has 180 valence electrons. The highest BCUT2D eigenvalue weighted by atomic mass is 16.6. The first-order chi connectivity index (χ1) is 14.9. The van der Waals surface area contributed by atoms with Crippen LogP contribution >= 0.6 is 0 Å².